The summed E-state index contributed by atoms with van der Waals surface area (Å²) in [6.45, 7) is 0.363. The van der Waals surface area contributed by atoms with Gasteiger partial charge in [0.15, 0.2) is 17.5 Å². The average Bonchev–Trinajstić information content (AvgIpc) is 3.19. The van der Waals surface area contributed by atoms with Crippen molar-refractivity contribution < 1.29 is 14.4 Å². The van der Waals surface area contributed by atoms with E-state index in [1.165, 1.54) is 11.3 Å². The van der Waals surface area contributed by atoms with Crippen LogP contribution in [-0.2, 0) is 22.6 Å². The highest BCUT2D eigenvalue weighted by Crippen LogP contribution is 2.16. The number of nitrogens with one attached hydrogen (secondary N) is 1. The summed E-state index contributed by atoms with van der Waals surface area (Å²) in [6, 6.07) is 20.8. The molecule has 3 rings (SSSR count). The molecule has 1 heterocycles. The van der Waals surface area contributed by atoms with E-state index in [0.29, 0.717) is 22.8 Å². The number of carbonyl (C=O) groups excluding carboxylic acids is 1. The van der Waals surface area contributed by atoms with Crippen molar-refractivity contribution in [1.29, 1.82) is 5.26 Å². The lowest BCUT2D eigenvalue weighted by molar-refractivity contribution is 0.129. The molecule has 29 heavy (non-hydrogen) atoms. The van der Waals surface area contributed by atoms with Crippen LogP contribution >= 0.6 is 11.3 Å². The first-order valence-corrected chi connectivity index (χ1v) is 9.70. The molecule has 0 atom stereocenters. The number of oxime groups is 1. The maximum atomic E-state index is 11.9. The van der Waals surface area contributed by atoms with E-state index in [-0.39, 0.29) is 18.9 Å². The molecule has 0 aliphatic rings. The molecule has 0 radical (unpaired) electrons. The van der Waals surface area contributed by atoms with E-state index < -0.39 is 6.09 Å². The van der Waals surface area contributed by atoms with Gasteiger partial charge in [0.25, 0.3) is 0 Å². The zero-order valence-electron chi connectivity index (χ0n) is 15.4. The Morgan fingerprint density at radius 1 is 1.14 bits per heavy atom. The number of benzene rings is 2. The first-order valence-electron chi connectivity index (χ1n) is 8.82. The molecule has 1 amide bonds. The molecule has 0 fully saturated rings. The Morgan fingerprint density at radius 3 is 2.59 bits per heavy atom. The molecule has 0 saturated carbocycles. The van der Waals surface area contributed by atoms with Crippen LogP contribution in [-0.4, -0.2) is 23.4 Å². The molecule has 0 aliphatic carbocycles. The first-order chi connectivity index (χ1) is 14.2. The van der Waals surface area contributed by atoms with Crippen LogP contribution in [0.25, 0.3) is 0 Å². The highest BCUT2D eigenvalue weighted by molar-refractivity contribution is 7.13. The molecule has 0 saturated heterocycles. The van der Waals surface area contributed by atoms with Crippen molar-refractivity contribution >= 4 is 28.3 Å². The molecule has 0 aliphatic heterocycles. The lowest BCUT2D eigenvalue weighted by Crippen LogP contribution is -2.15. The summed E-state index contributed by atoms with van der Waals surface area (Å²) in [4.78, 5) is 21.3. The smallest absolute Gasteiger partial charge is 0.413 e. The molecule has 3 aromatic rings. The van der Waals surface area contributed by atoms with Gasteiger partial charge in [-0.2, -0.15) is 5.26 Å². The summed E-state index contributed by atoms with van der Waals surface area (Å²) in [6.07, 6.45) is 0.0860. The number of hydrogen-bond acceptors (Lipinski definition) is 7. The normalized spacial score (nSPS) is 10.8. The Bertz CT molecular complexity index is 998. The van der Waals surface area contributed by atoms with Crippen molar-refractivity contribution in [3.05, 3.63) is 82.9 Å². The monoisotopic (exact) mass is 406 g/mol. The molecule has 2 aromatic carbocycles. The van der Waals surface area contributed by atoms with E-state index in [9.17, 15) is 10.1 Å². The van der Waals surface area contributed by atoms with Crippen LogP contribution in [0.15, 0.2) is 71.2 Å². The molecule has 146 valence electrons. The van der Waals surface area contributed by atoms with Gasteiger partial charge in [0.05, 0.1) is 12.3 Å². The van der Waals surface area contributed by atoms with Gasteiger partial charge in [0, 0.05) is 17.4 Å². The number of nitriles is 1. The van der Waals surface area contributed by atoms with Crippen molar-refractivity contribution in [2.45, 2.75) is 13.0 Å². The van der Waals surface area contributed by atoms with Crippen LogP contribution in [0.1, 0.15) is 16.8 Å². The number of nitrogens with zero attached hydrogens (tertiary/aromatic N) is 3. The minimum Gasteiger partial charge on any atom is -0.449 e. The largest absolute Gasteiger partial charge is 0.449 e. The third kappa shape index (κ3) is 6.45. The Morgan fingerprint density at radius 2 is 1.86 bits per heavy atom. The number of rotatable bonds is 8. The van der Waals surface area contributed by atoms with Crippen molar-refractivity contribution in [2.75, 3.05) is 11.9 Å². The molecule has 0 bridgehead atoms. The summed E-state index contributed by atoms with van der Waals surface area (Å²) < 4.78 is 5.16. The summed E-state index contributed by atoms with van der Waals surface area (Å²) in [5.74, 6) is 0. The SMILES string of the molecule is N#C/C(=N/OCc1csc(NC(=O)OCCc2ccccc2)n1)c1ccccc1. The highest BCUT2D eigenvalue weighted by Gasteiger charge is 2.08. The number of carbonyl (C=O) groups is 1. The molecule has 0 spiro atoms. The standard InChI is InChI=1S/C21H18N4O3S/c22-13-19(17-9-5-2-6-10-17)25-28-14-18-15-29-20(23-18)24-21(26)27-12-11-16-7-3-1-4-8-16/h1-10,15H,11-12,14H2,(H,23,24,26)/b25-19-. The highest BCUT2D eigenvalue weighted by atomic mass is 32.1. The molecular formula is C21H18N4O3S. The van der Waals surface area contributed by atoms with Crippen LogP contribution < -0.4 is 5.32 Å². The lowest BCUT2D eigenvalue weighted by Gasteiger charge is -2.04. The van der Waals surface area contributed by atoms with Crippen molar-refractivity contribution in [2.24, 2.45) is 5.16 Å². The van der Waals surface area contributed by atoms with E-state index in [1.807, 2.05) is 54.6 Å². The Kier molecular flexibility index (Phi) is 7.32. The molecule has 1 N–H and O–H groups in total. The zero-order valence-corrected chi connectivity index (χ0v) is 16.3. The quantitative estimate of drug-likeness (QED) is 0.442. The van der Waals surface area contributed by atoms with Gasteiger partial charge < -0.3 is 9.57 Å². The Hall–Kier alpha value is -3.70. The fourth-order valence-electron chi connectivity index (χ4n) is 2.36. The maximum absolute atomic E-state index is 11.9. The second kappa shape index (κ2) is 10.6. The van der Waals surface area contributed by atoms with E-state index in [4.69, 9.17) is 9.57 Å². The van der Waals surface area contributed by atoms with E-state index in [1.54, 1.807) is 17.5 Å². The summed E-state index contributed by atoms with van der Waals surface area (Å²) in [5.41, 5.74) is 2.54. The van der Waals surface area contributed by atoms with Crippen molar-refractivity contribution in [3.8, 4) is 6.07 Å². The number of aromatic nitrogens is 1. The second-order valence-corrected chi connectivity index (χ2v) is 6.69. The van der Waals surface area contributed by atoms with E-state index in [2.05, 4.69) is 15.5 Å². The predicted molar refractivity (Wildman–Crippen MR) is 111 cm³/mol. The summed E-state index contributed by atoms with van der Waals surface area (Å²) in [7, 11) is 0. The number of amides is 1. The van der Waals surface area contributed by atoms with Gasteiger partial charge in [0.2, 0.25) is 0 Å². The van der Waals surface area contributed by atoms with Gasteiger partial charge in [-0.25, -0.2) is 9.78 Å². The topological polar surface area (TPSA) is 96.6 Å². The predicted octanol–water partition coefficient (Wildman–Crippen LogP) is 4.38. The molecule has 1 aromatic heterocycles. The second-order valence-electron chi connectivity index (χ2n) is 5.83. The number of anilines is 1. The number of thiazole rings is 1. The summed E-state index contributed by atoms with van der Waals surface area (Å²) >= 11 is 1.25. The molecule has 7 nitrogen and oxygen atoms in total. The van der Waals surface area contributed by atoms with E-state index in [0.717, 1.165) is 5.56 Å². The van der Waals surface area contributed by atoms with Crippen molar-refractivity contribution in [3.63, 3.8) is 0 Å². The molecule has 0 unspecified atom stereocenters. The first kappa shape index (κ1) is 20.0. The maximum Gasteiger partial charge on any atom is 0.413 e. The van der Waals surface area contributed by atoms with Gasteiger partial charge in [0.1, 0.15) is 6.07 Å². The van der Waals surface area contributed by atoms with Gasteiger partial charge in [-0.1, -0.05) is 65.8 Å². The van der Waals surface area contributed by atoms with Crippen LogP contribution in [0.5, 0.6) is 0 Å². The number of ether oxygens (including phenoxy) is 1. The van der Waals surface area contributed by atoms with E-state index >= 15 is 0 Å². The lowest BCUT2D eigenvalue weighted by atomic mass is 10.1. The molecule has 8 heteroatoms. The van der Waals surface area contributed by atoms with Gasteiger partial charge >= 0.3 is 6.09 Å². The van der Waals surface area contributed by atoms with Gasteiger partial charge in [-0.05, 0) is 5.56 Å². The summed E-state index contributed by atoms with van der Waals surface area (Å²) in [5, 5.41) is 17.8. The van der Waals surface area contributed by atoms with Crippen LogP contribution in [0.2, 0.25) is 0 Å². The number of hydrogen-bond donors (Lipinski definition) is 1. The zero-order chi connectivity index (χ0) is 20.3. The minimum absolute atomic E-state index is 0.0826. The fourth-order valence-corrected chi connectivity index (χ4v) is 3.04. The van der Waals surface area contributed by atoms with Crippen LogP contribution in [0.3, 0.4) is 0 Å². The van der Waals surface area contributed by atoms with Crippen LogP contribution in [0.4, 0.5) is 9.93 Å². The Balaban J connectivity index is 1.43. The van der Waals surface area contributed by atoms with Crippen molar-refractivity contribution in [1.82, 2.24) is 4.98 Å². The van der Waals surface area contributed by atoms with Crippen LogP contribution in [0, 0.1) is 11.3 Å². The average molecular weight is 406 g/mol. The van der Waals surface area contributed by atoms with Gasteiger partial charge in [-0.3, -0.25) is 5.32 Å². The fraction of sp³-hybridized carbons (Fsp3) is 0.143. The minimum atomic E-state index is -0.559. The van der Waals surface area contributed by atoms with Gasteiger partial charge in [-0.15, -0.1) is 11.3 Å². The third-order valence-corrected chi connectivity index (χ3v) is 4.56. The molecular weight excluding hydrogens is 388 g/mol. The third-order valence-electron chi connectivity index (χ3n) is 3.75. The Labute approximate surface area is 172 Å².